The second-order valence-corrected chi connectivity index (χ2v) is 9.92. The topological polar surface area (TPSA) is 24.3 Å². The summed E-state index contributed by atoms with van der Waals surface area (Å²) in [5.74, 6) is 0. The SMILES string of the molecule is CN1C=CN(c2ccc3c4ccccc4n(-c4cccc(C5(c6ccccn6)CCC5)c4)c3c2)C1. The van der Waals surface area contributed by atoms with Crippen molar-refractivity contribution in [2.24, 2.45) is 0 Å². The van der Waals surface area contributed by atoms with Gasteiger partial charge < -0.3 is 14.4 Å². The molecule has 2 aliphatic rings. The van der Waals surface area contributed by atoms with Crippen LogP contribution in [0.3, 0.4) is 0 Å². The van der Waals surface area contributed by atoms with Crippen LogP contribution in [0.2, 0.25) is 0 Å². The van der Waals surface area contributed by atoms with Gasteiger partial charge in [-0.25, -0.2) is 0 Å². The summed E-state index contributed by atoms with van der Waals surface area (Å²) in [6, 6.07) is 31.1. The Bertz CT molecular complexity index is 1580. The molecule has 0 radical (unpaired) electrons. The number of nitrogens with zero attached hydrogens (tertiary/aromatic N) is 4. The Morgan fingerprint density at radius 1 is 0.743 bits per heavy atom. The molecule has 5 aromatic rings. The van der Waals surface area contributed by atoms with Gasteiger partial charge in [0.2, 0.25) is 0 Å². The van der Waals surface area contributed by atoms with Crippen molar-refractivity contribution in [3.8, 4) is 5.69 Å². The van der Waals surface area contributed by atoms with Gasteiger partial charge in [0.1, 0.15) is 0 Å². The first-order chi connectivity index (χ1) is 17.2. The van der Waals surface area contributed by atoms with Crippen LogP contribution in [0, 0.1) is 0 Å². The normalized spacial score (nSPS) is 16.8. The molecule has 0 spiro atoms. The molecule has 4 heteroatoms. The maximum Gasteiger partial charge on any atom is 0.0938 e. The summed E-state index contributed by atoms with van der Waals surface area (Å²) in [7, 11) is 2.11. The van der Waals surface area contributed by atoms with E-state index in [0.717, 1.165) is 19.5 Å². The van der Waals surface area contributed by atoms with Gasteiger partial charge in [-0.1, -0.05) is 48.9 Å². The fraction of sp³-hybridized carbons (Fsp3) is 0.194. The molecule has 3 heterocycles. The van der Waals surface area contributed by atoms with Crippen LogP contribution in [-0.4, -0.2) is 28.2 Å². The van der Waals surface area contributed by atoms with Gasteiger partial charge >= 0.3 is 0 Å². The van der Waals surface area contributed by atoms with Crippen molar-refractivity contribution >= 4 is 27.5 Å². The second kappa shape index (κ2) is 7.74. The zero-order chi connectivity index (χ0) is 23.4. The first-order valence-corrected chi connectivity index (χ1v) is 12.4. The van der Waals surface area contributed by atoms with E-state index in [2.05, 4.69) is 113 Å². The first kappa shape index (κ1) is 20.3. The molecule has 0 saturated heterocycles. The Morgan fingerprint density at radius 2 is 1.60 bits per heavy atom. The Labute approximate surface area is 205 Å². The molecule has 1 fully saturated rings. The Kier molecular flexibility index (Phi) is 4.50. The van der Waals surface area contributed by atoms with E-state index < -0.39 is 0 Å². The van der Waals surface area contributed by atoms with Crippen LogP contribution in [0.4, 0.5) is 5.69 Å². The van der Waals surface area contributed by atoms with Crippen LogP contribution in [0.5, 0.6) is 0 Å². The number of benzene rings is 3. The molecular weight excluding hydrogens is 428 g/mol. The van der Waals surface area contributed by atoms with Crippen LogP contribution in [0.1, 0.15) is 30.5 Å². The van der Waals surface area contributed by atoms with Crippen molar-refractivity contribution in [1.29, 1.82) is 0 Å². The van der Waals surface area contributed by atoms with Crippen molar-refractivity contribution in [3.05, 3.63) is 115 Å². The third kappa shape index (κ3) is 3.09. The van der Waals surface area contributed by atoms with E-state index >= 15 is 0 Å². The molecule has 172 valence electrons. The van der Waals surface area contributed by atoms with E-state index in [-0.39, 0.29) is 5.41 Å². The monoisotopic (exact) mass is 456 g/mol. The minimum absolute atomic E-state index is 0.0200. The molecule has 0 unspecified atom stereocenters. The highest BCUT2D eigenvalue weighted by molar-refractivity contribution is 6.10. The van der Waals surface area contributed by atoms with Gasteiger partial charge in [-0.2, -0.15) is 0 Å². The van der Waals surface area contributed by atoms with Crippen LogP contribution in [0.15, 0.2) is 104 Å². The van der Waals surface area contributed by atoms with Gasteiger partial charge in [-0.3, -0.25) is 4.98 Å². The van der Waals surface area contributed by atoms with E-state index in [1.54, 1.807) is 0 Å². The minimum Gasteiger partial charge on any atom is -0.361 e. The van der Waals surface area contributed by atoms with E-state index in [9.17, 15) is 0 Å². The van der Waals surface area contributed by atoms with Gasteiger partial charge in [0.05, 0.1) is 23.4 Å². The summed E-state index contributed by atoms with van der Waals surface area (Å²) in [4.78, 5) is 9.27. The standard InChI is InChI=1S/C31H28N4/c1-33-18-19-34(22-33)24-13-14-27-26-10-2-3-11-28(26)35(29(27)21-24)25-9-6-8-23(20-25)31(15-7-16-31)30-12-4-5-17-32-30/h2-6,8-14,17-21H,7,15-16,22H2,1H3. The molecule has 0 atom stereocenters. The predicted molar refractivity (Wildman–Crippen MR) is 144 cm³/mol. The lowest BCUT2D eigenvalue weighted by atomic mass is 9.62. The summed E-state index contributed by atoms with van der Waals surface area (Å²) in [6.45, 7) is 0.869. The number of hydrogen-bond donors (Lipinski definition) is 0. The Morgan fingerprint density at radius 3 is 2.37 bits per heavy atom. The van der Waals surface area contributed by atoms with Crippen LogP contribution in [0.25, 0.3) is 27.5 Å². The molecular formula is C31H28N4. The summed E-state index contributed by atoms with van der Waals surface area (Å²) in [5, 5.41) is 2.57. The van der Waals surface area contributed by atoms with Gasteiger partial charge in [-0.05, 0) is 60.9 Å². The highest BCUT2D eigenvalue weighted by Crippen LogP contribution is 2.48. The molecule has 3 aromatic carbocycles. The molecule has 0 bridgehead atoms. The predicted octanol–water partition coefficient (Wildman–Crippen LogP) is 6.83. The molecule has 1 saturated carbocycles. The Balaban J connectivity index is 1.43. The Hall–Kier alpha value is -4.05. The second-order valence-electron chi connectivity index (χ2n) is 9.92. The van der Waals surface area contributed by atoms with Crippen molar-refractivity contribution in [1.82, 2.24) is 14.5 Å². The molecule has 35 heavy (non-hydrogen) atoms. The summed E-state index contributed by atoms with van der Waals surface area (Å²) in [6.07, 6.45) is 9.76. The van der Waals surface area contributed by atoms with Crippen LogP contribution < -0.4 is 4.90 Å². The lowest BCUT2D eigenvalue weighted by Gasteiger charge is -2.42. The molecule has 1 aliphatic carbocycles. The summed E-state index contributed by atoms with van der Waals surface area (Å²) >= 11 is 0. The number of anilines is 1. The van der Waals surface area contributed by atoms with Gasteiger partial charge in [0.15, 0.2) is 0 Å². The maximum atomic E-state index is 4.78. The minimum atomic E-state index is 0.0200. The lowest BCUT2D eigenvalue weighted by Crippen LogP contribution is -2.36. The number of aromatic nitrogens is 2. The number of hydrogen-bond acceptors (Lipinski definition) is 3. The molecule has 7 rings (SSSR count). The summed E-state index contributed by atoms with van der Waals surface area (Å²) in [5.41, 5.74) is 7.48. The molecule has 1 aliphatic heterocycles. The van der Waals surface area contributed by atoms with E-state index in [0.29, 0.717) is 0 Å². The third-order valence-electron chi connectivity index (χ3n) is 7.88. The average molecular weight is 457 g/mol. The van der Waals surface area contributed by atoms with E-state index in [1.807, 2.05) is 12.3 Å². The molecule has 4 nitrogen and oxygen atoms in total. The zero-order valence-electron chi connectivity index (χ0n) is 19.9. The van der Waals surface area contributed by atoms with Crippen molar-refractivity contribution in [2.45, 2.75) is 24.7 Å². The van der Waals surface area contributed by atoms with Crippen molar-refractivity contribution < 1.29 is 0 Å². The van der Waals surface area contributed by atoms with Gasteiger partial charge in [-0.15, -0.1) is 0 Å². The van der Waals surface area contributed by atoms with Gasteiger partial charge in [0, 0.05) is 53.2 Å². The van der Waals surface area contributed by atoms with Gasteiger partial charge in [0.25, 0.3) is 0 Å². The lowest BCUT2D eigenvalue weighted by molar-refractivity contribution is 0.293. The number of para-hydroxylation sites is 1. The van der Waals surface area contributed by atoms with E-state index in [4.69, 9.17) is 4.98 Å². The molecule has 0 amide bonds. The molecule has 2 aromatic heterocycles. The highest BCUT2D eigenvalue weighted by Gasteiger charge is 2.41. The zero-order valence-corrected chi connectivity index (χ0v) is 19.9. The van der Waals surface area contributed by atoms with Crippen LogP contribution in [-0.2, 0) is 5.41 Å². The number of fused-ring (bicyclic) bond motifs is 3. The third-order valence-corrected chi connectivity index (χ3v) is 7.88. The fourth-order valence-electron chi connectivity index (χ4n) is 5.92. The quantitative estimate of drug-likeness (QED) is 0.296. The number of rotatable bonds is 4. The number of pyridine rings is 1. The smallest absolute Gasteiger partial charge is 0.0938 e. The van der Waals surface area contributed by atoms with Crippen molar-refractivity contribution in [3.63, 3.8) is 0 Å². The first-order valence-electron chi connectivity index (χ1n) is 12.4. The largest absolute Gasteiger partial charge is 0.361 e. The average Bonchev–Trinajstić information content (AvgIpc) is 3.45. The molecule has 0 N–H and O–H groups in total. The van der Waals surface area contributed by atoms with Crippen molar-refractivity contribution in [2.75, 3.05) is 18.6 Å². The van der Waals surface area contributed by atoms with E-state index in [1.165, 1.54) is 50.9 Å². The highest BCUT2D eigenvalue weighted by atomic mass is 15.3. The fourth-order valence-corrected chi connectivity index (χ4v) is 5.92. The summed E-state index contributed by atoms with van der Waals surface area (Å²) < 4.78 is 2.44. The maximum absolute atomic E-state index is 4.78. The van der Waals surface area contributed by atoms with Crippen LogP contribution >= 0.6 is 0 Å².